The second kappa shape index (κ2) is 8.51. The summed E-state index contributed by atoms with van der Waals surface area (Å²) in [5, 5.41) is 20.2. The Morgan fingerprint density at radius 3 is 2.71 bits per heavy atom. The van der Waals surface area contributed by atoms with Crippen molar-refractivity contribution in [2.45, 2.75) is 103 Å². The largest absolute Gasteiger partial charge is 0.460 e. The summed E-state index contributed by atoms with van der Waals surface area (Å²) in [7, 11) is 0. The number of rotatable bonds is 4. The first-order valence-corrected chi connectivity index (χ1v) is 12.3. The third-order valence-corrected chi connectivity index (χ3v) is 8.89. The van der Waals surface area contributed by atoms with Crippen molar-refractivity contribution in [1.29, 1.82) is 0 Å². The van der Waals surface area contributed by atoms with Gasteiger partial charge in [-0.15, -0.1) is 0 Å². The van der Waals surface area contributed by atoms with Crippen molar-refractivity contribution in [2.75, 3.05) is 0 Å². The summed E-state index contributed by atoms with van der Waals surface area (Å²) in [6.45, 7) is 10.6. The molecule has 4 rings (SSSR count). The number of cyclic esters (lactones) is 1. The van der Waals surface area contributed by atoms with Crippen molar-refractivity contribution in [1.82, 2.24) is 0 Å². The van der Waals surface area contributed by atoms with E-state index in [0.717, 1.165) is 25.7 Å². The van der Waals surface area contributed by atoms with Gasteiger partial charge in [-0.25, -0.2) is 4.79 Å². The first-order chi connectivity index (χ1) is 14.6. The summed E-state index contributed by atoms with van der Waals surface area (Å²) in [6.07, 6.45) is 14.0. The predicted octanol–water partition coefficient (Wildman–Crippen LogP) is 5.25. The smallest absolute Gasteiger partial charge is 0.338 e. The van der Waals surface area contributed by atoms with Gasteiger partial charge in [-0.2, -0.15) is 0 Å². The molecule has 4 nitrogen and oxygen atoms in total. The van der Waals surface area contributed by atoms with Crippen molar-refractivity contribution < 1.29 is 19.7 Å². The SMILES string of the molecule is C=C1CC[C@@H](O)C/C1=C/C=C1\CCC[C@]2(C)[C@@H]([C@H](C)CC3C[C@@](C)(O)C(=O)O3)CC[C@@H]12. The fourth-order valence-corrected chi connectivity index (χ4v) is 7.17. The van der Waals surface area contributed by atoms with Crippen molar-refractivity contribution in [3.05, 3.63) is 35.5 Å². The van der Waals surface area contributed by atoms with Crippen molar-refractivity contribution >= 4 is 5.97 Å². The van der Waals surface area contributed by atoms with Gasteiger partial charge in [0.15, 0.2) is 5.60 Å². The van der Waals surface area contributed by atoms with Gasteiger partial charge in [-0.1, -0.05) is 43.7 Å². The minimum atomic E-state index is -1.32. The molecule has 7 atom stereocenters. The van der Waals surface area contributed by atoms with Crippen molar-refractivity contribution in [3.63, 3.8) is 0 Å². The molecule has 4 heteroatoms. The second-order valence-electron chi connectivity index (χ2n) is 11.2. The topological polar surface area (TPSA) is 66.8 Å². The van der Waals surface area contributed by atoms with Gasteiger partial charge in [-0.05, 0) is 93.5 Å². The van der Waals surface area contributed by atoms with Crippen LogP contribution in [0.4, 0.5) is 0 Å². The molecule has 0 aromatic carbocycles. The quantitative estimate of drug-likeness (QED) is 0.600. The van der Waals surface area contributed by atoms with Crippen LogP contribution in [0.5, 0.6) is 0 Å². The minimum Gasteiger partial charge on any atom is -0.460 e. The molecule has 1 aliphatic heterocycles. The van der Waals surface area contributed by atoms with E-state index in [0.29, 0.717) is 24.2 Å². The molecule has 0 bridgehead atoms. The fraction of sp³-hybridized carbons (Fsp3) is 0.741. The maximum atomic E-state index is 11.9. The molecule has 0 amide bonds. The molecular weight excluding hydrogens is 388 g/mol. The highest BCUT2D eigenvalue weighted by atomic mass is 16.6. The summed E-state index contributed by atoms with van der Waals surface area (Å²) in [5.41, 5.74) is 2.93. The van der Waals surface area contributed by atoms with Crippen LogP contribution in [0, 0.1) is 23.2 Å². The predicted molar refractivity (Wildman–Crippen MR) is 122 cm³/mol. The summed E-state index contributed by atoms with van der Waals surface area (Å²) in [5.74, 6) is 1.23. The van der Waals surface area contributed by atoms with Crippen LogP contribution in [0.1, 0.15) is 85.0 Å². The monoisotopic (exact) mass is 428 g/mol. The lowest BCUT2D eigenvalue weighted by atomic mass is 9.60. The van der Waals surface area contributed by atoms with E-state index in [1.807, 2.05) is 0 Å². The molecule has 0 aromatic rings. The number of carbonyl (C=O) groups excluding carboxylic acids is 1. The second-order valence-corrected chi connectivity index (χ2v) is 11.2. The van der Waals surface area contributed by atoms with Crippen LogP contribution >= 0.6 is 0 Å². The average molecular weight is 429 g/mol. The lowest BCUT2D eigenvalue weighted by Gasteiger charge is -2.44. The van der Waals surface area contributed by atoms with E-state index in [-0.39, 0.29) is 17.6 Å². The first kappa shape index (κ1) is 22.8. The number of esters is 1. The molecule has 172 valence electrons. The number of hydrogen-bond acceptors (Lipinski definition) is 4. The molecule has 3 saturated carbocycles. The molecule has 1 heterocycles. The van der Waals surface area contributed by atoms with Crippen molar-refractivity contribution in [2.24, 2.45) is 23.2 Å². The Labute approximate surface area is 187 Å². The van der Waals surface area contributed by atoms with Crippen LogP contribution in [-0.2, 0) is 9.53 Å². The zero-order valence-electron chi connectivity index (χ0n) is 19.5. The van der Waals surface area contributed by atoms with Gasteiger partial charge < -0.3 is 14.9 Å². The number of ether oxygens (including phenoxy) is 1. The Kier molecular flexibility index (Phi) is 6.26. The van der Waals surface area contributed by atoms with Gasteiger partial charge in [0.2, 0.25) is 0 Å². The Bertz CT molecular complexity index is 791. The standard InChI is InChI=1S/C27H40O4/c1-17-7-10-21(28)15-20(17)9-8-19-6-5-13-26(3)23(11-12-24(19)26)18(2)14-22-16-27(4,30)25(29)31-22/h8-9,18,21-24,28,30H,1,5-7,10-16H2,2-4H3/b19-8+,20-9-/t18-,21-,22?,23-,24+,26-,27-/m1/s1. The van der Waals surface area contributed by atoms with E-state index in [4.69, 9.17) is 4.74 Å². The van der Waals surface area contributed by atoms with Crippen LogP contribution in [0.3, 0.4) is 0 Å². The summed E-state index contributed by atoms with van der Waals surface area (Å²) in [4.78, 5) is 11.9. The Morgan fingerprint density at radius 1 is 1.23 bits per heavy atom. The lowest BCUT2D eigenvalue weighted by molar-refractivity contribution is -0.154. The molecule has 1 saturated heterocycles. The maximum Gasteiger partial charge on any atom is 0.338 e. The Balaban J connectivity index is 1.46. The zero-order valence-corrected chi connectivity index (χ0v) is 19.5. The van der Waals surface area contributed by atoms with Crippen LogP contribution < -0.4 is 0 Å². The normalized spacial score (nSPS) is 44.5. The van der Waals surface area contributed by atoms with E-state index in [9.17, 15) is 15.0 Å². The molecule has 0 aromatic heterocycles. The van der Waals surface area contributed by atoms with Gasteiger partial charge in [0.05, 0.1) is 6.10 Å². The highest BCUT2D eigenvalue weighted by Crippen LogP contribution is 2.60. The molecule has 31 heavy (non-hydrogen) atoms. The number of hydrogen-bond donors (Lipinski definition) is 2. The van der Waals surface area contributed by atoms with E-state index in [2.05, 4.69) is 32.6 Å². The molecule has 0 spiro atoms. The minimum absolute atomic E-state index is 0.160. The summed E-state index contributed by atoms with van der Waals surface area (Å²) in [6, 6.07) is 0. The van der Waals surface area contributed by atoms with Crippen LogP contribution in [0.25, 0.3) is 0 Å². The molecule has 4 aliphatic rings. The lowest BCUT2D eigenvalue weighted by Crippen LogP contribution is -2.36. The molecule has 1 unspecified atom stereocenters. The van der Waals surface area contributed by atoms with E-state index < -0.39 is 11.6 Å². The molecule has 3 aliphatic carbocycles. The van der Waals surface area contributed by atoms with Crippen LogP contribution in [-0.4, -0.2) is 34.0 Å². The van der Waals surface area contributed by atoms with E-state index in [1.165, 1.54) is 43.3 Å². The van der Waals surface area contributed by atoms with Crippen LogP contribution in [0.2, 0.25) is 0 Å². The number of aliphatic hydroxyl groups is 2. The molecule has 0 radical (unpaired) electrons. The average Bonchev–Trinajstić information content (AvgIpc) is 3.17. The number of fused-ring (bicyclic) bond motifs is 1. The van der Waals surface area contributed by atoms with Gasteiger partial charge in [0.25, 0.3) is 0 Å². The third kappa shape index (κ3) is 4.43. The molecule has 2 N–H and O–H groups in total. The van der Waals surface area contributed by atoms with Gasteiger partial charge >= 0.3 is 5.97 Å². The summed E-state index contributed by atoms with van der Waals surface area (Å²) >= 11 is 0. The van der Waals surface area contributed by atoms with Gasteiger partial charge in [0.1, 0.15) is 6.10 Å². The third-order valence-electron chi connectivity index (χ3n) is 8.89. The highest BCUT2D eigenvalue weighted by molar-refractivity contribution is 5.80. The summed E-state index contributed by atoms with van der Waals surface area (Å²) < 4.78 is 5.48. The Morgan fingerprint density at radius 2 is 2.00 bits per heavy atom. The van der Waals surface area contributed by atoms with E-state index >= 15 is 0 Å². The number of aliphatic hydroxyl groups excluding tert-OH is 1. The molecule has 4 fully saturated rings. The van der Waals surface area contributed by atoms with Crippen LogP contribution in [0.15, 0.2) is 35.5 Å². The van der Waals surface area contributed by atoms with Gasteiger partial charge in [0, 0.05) is 6.42 Å². The van der Waals surface area contributed by atoms with Crippen molar-refractivity contribution in [3.8, 4) is 0 Å². The highest BCUT2D eigenvalue weighted by Gasteiger charge is 2.52. The fourth-order valence-electron chi connectivity index (χ4n) is 7.17. The maximum absolute atomic E-state index is 11.9. The van der Waals surface area contributed by atoms with E-state index in [1.54, 1.807) is 12.5 Å². The molecular formula is C27H40O4. The van der Waals surface area contributed by atoms with Gasteiger partial charge in [-0.3, -0.25) is 0 Å². The number of carbonyl (C=O) groups is 1. The zero-order chi connectivity index (χ0) is 22.4. The first-order valence-electron chi connectivity index (χ1n) is 12.3. The Hall–Kier alpha value is -1.39. The number of allylic oxidation sites excluding steroid dienone is 4.